The molecule has 20 heavy (non-hydrogen) atoms. The van der Waals surface area contributed by atoms with E-state index in [1.807, 2.05) is 22.6 Å². The van der Waals surface area contributed by atoms with Crippen molar-refractivity contribution in [3.63, 3.8) is 0 Å². The molecular weight excluding hydrogens is 488 g/mol. The number of aromatic hydroxyl groups is 1. The minimum absolute atomic E-state index is 0.0579. The molecule has 0 saturated carbocycles. The first-order chi connectivity index (χ1) is 9.27. The summed E-state index contributed by atoms with van der Waals surface area (Å²) in [6.07, 6.45) is 0. The quantitative estimate of drug-likeness (QED) is 0.607. The summed E-state index contributed by atoms with van der Waals surface area (Å²) in [5.74, 6) is -2.01. The maximum Gasteiger partial charge on any atom is 0.308 e. The van der Waals surface area contributed by atoms with Gasteiger partial charge in [0.25, 0.3) is 5.91 Å². The van der Waals surface area contributed by atoms with Gasteiger partial charge in [-0.25, -0.2) is 0 Å². The summed E-state index contributed by atoms with van der Waals surface area (Å²) < 4.78 is 1.44. The molecule has 1 aromatic rings. The number of phenols is 1. The molecule has 5 nitrogen and oxygen atoms in total. The molecule has 7 heteroatoms. The highest BCUT2D eigenvalue weighted by Crippen LogP contribution is 2.28. The van der Waals surface area contributed by atoms with Crippen LogP contribution in [0.1, 0.15) is 24.2 Å². The van der Waals surface area contributed by atoms with E-state index in [1.54, 1.807) is 26.0 Å². The van der Waals surface area contributed by atoms with Gasteiger partial charge in [0.2, 0.25) is 0 Å². The van der Waals surface area contributed by atoms with Gasteiger partial charge in [0.15, 0.2) is 0 Å². The zero-order valence-electron chi connectivity index (χ0n) is 11.1. The fraction of sp³-hybridized carbons (Fsp3) is 0.385. The maximum atomic E-state index is 12.4. The van der Waals surface area contributed by atoms with Crippen LogP contribution in [-0.2, 0) is 4.79 Å². The van der Waals surface area contributed by atoms with Crippen molar-refractivity contribution < 1.29 is 19.8 Å². The molecule has 2 N–H and O–H groups in total. The van der Waals surface area contributed by atoms with Crippen LogP contribution in [0.3, 0.4) is 0 Å². The van der Waals surface area contributed by atoms with E-state index in [9.17, 15) is 14.7 Å². The lowest BCUT2D eigenvalue weighted by Gasteiger charge is -2.23. The normalized spacial score (nSPS) is 12.0. The fourth-order valence-electron chi connectivity index (χ4n) is 1.66. The molecule has 110 valence electrons. The standard InChI is InChI=1S/C13H15I2NO4/c1-3-16(6-7(2)13(19)20)12(18)9-4-8(14)5-10(15)11(9)17/h4-5,7,17H,3,6H2,1-2H3,(H,19,20). The number of halogens is 2. The zero-order valence-corrected chi connectivity index (χ0v) is 15.4. The molecule has 0 aliphatic rings. The molecule has 1 amide bonds. The van der Waals surface area contributed by atoms with Crippen molar-refractivity contribution in [1.29, 1.82) is 0 Å². The Labute approximate surface area is 144 Å². The first-order valence-electron chi connectivity index (χ1n) is 5.98. The molecule has 0 bridgehead atoms. The molecule has 0 radical (unpaired) electrons. The van der Waals surface area contributed by atoms with E-state index >= 15 is 0 Å². The highest BCUT2D eigenvalue weighted by Gasteiger charge is 2.23. The van der Waals surface area contributed by atoms with Crippen LogP contribution in [0, 0.1) is 13.1 Å². The number of amides is 1. The van der Waals surface area contributed by atoms with E-state index in [0.29, 0.717) is 10.1 Å². The Morgan fingerprint density at radius 1 is 1.35 bits per heavy atom. The zero-order chi connectivity index (χ0) is 15.4. The third-order valence-electron chi connectivity index (χ3n) is 2.84. The highest BCUT2D eigenvalue weighted by atomic mass is 127. The van der Waals surface area contributed by atoms with Crippen LogP contribution < -0.4 is 0 Å². The Morgan fingerprint density at radius 3 is 2.45 bits per heavy atom. The number of nitrogens with zero attached hydrogens (tertiary/aromatic N) is 1. The summed E-state index contributed by atoms with van der Waals surface area (Å²) in [6, 6.07) is 3.37. The van der Waals surface area contributed by atoms with Crippen LogP contribution in [0.4, 0.5) is 0 Å². The first-order valence-corrected chi connectivity index (χ1v) is 8.13. The van der Waals surface area contributed by atoms with E-state index < -0.39 is 11.9 Å². The van der Waals surface area contributed by atoms with E-state index in [0.717, 1.165) is 3.57 Å². The molecule has 1 rings (SSSR count). The predicted molar refractivity (Wildman–Crippen MR) is 91.9 cm³/mol. The average molecular weight is 503 g/mol. The molecule has 1 atom stereocenters. The van der Waals surface area contributed by atoms with Crippen LogP contribution in [0.5, 0.6) is 5.75 Å². The number of hydrogen-bond donors (Lipinski definition) is 2. The number of benzene rings is 1. The van der Waals surface area contributed by atoms with Crippen LogP contribution in [0.25, 0.3) is 0 Å². The Bertz CT molecular complexity index is 533. The molecule has 1 unspecified atom stereocenters. The van der Waals surface area contributed by atoms with Gasteiger partial charge in [-0.05, 0) is 64.2 Å². The van der Waals surface area contributed by atoms with Crippen molar-refractivity contribution in [3.05, 3.63) is 24.8 Å². The largest absolute Gasteiger partial charge is 0.506 e. The number of phenolic OH excluding ortho intramolecular Hbond substituents is 1. The number of carbonyl (C=O) groups excluding carboxylic acids is 1. The molecule has 0 heterocycles. The number of carboxylic acid groups (broad SMARTS) is 1. The third-order valence-corrected chi connectivity index (χ3v) is 4.29. The van der Waals surface area contributed by atoms with Crippen molar-refractivity contribution >= 4 is 57.1 Å². The van der Waals surface area contributed by atoms with E-state index in [4.69, 9.17) is 5.11 Å². The van der Waals surface area contributed by atoms with Crippen molar-refractivity contribution in [2.45, 2.75) is 13.8 Å². The maximum absolute atomic E-state index is 12.4. The fourth-order valence-corrected chi connectivity index (χ4v) is 3.51. The van der Waals surface area contributed by atoms with Gasteiger partial charge in [0, 0.05) is 16.7 Å². The van der Waals surface area contributed by atoms with Crippen LogP contribution in [0.15, 0.2) is 12.1 Å². The monoisotopic (exact) mass is 503 g/mol. The van der Waals surface area contributed by atoms with Crippen LogP contribution in [0.2, 0.25) is 0 Å². The van der Waals surface area contributed by atoms with Crippen molar-refractivity contribution in [2.24, 2.45) is 5.92 Å². The van der Waals surface area contributed by atoms with Crippen LogP contribution >= 0.6 is 45.2 Å². The van der Waals surface area contributed by atoms with Crippen molar-refractivity contribution in [2.75, 3.05) is 13.1 Å². The number of rotatable bonds is 5. The summed E-state index contributed by atoms with van der Waals surface area (Å²) >= 11 is 4.03. The summed E-state index contributed by atoms with van der Waals surface area (Å²) in [6.45, 7) is 3.84. The van der Waals surface area contributed by atoms with E-state index in [1.165, 1.54) is 4.90 Å². The second kappa shape index (κ2) is 7.43. The molecule has 0 aliphatic carbocycles. The number of carbonyl (C=O) groups is 2. The Kier molecular flexibility index (Phi) is 6.49. The van der Waals surface area contributed by atoms with E-state index in [-0.39, 0.29) is 23.8 Å². The van der Waals surface area contributed by atoms with Crippen molar-refractivity contribution in [3.8, 4) is 5.75 Å². The third kappa shape index (κ3) is 4.21. The highest BCUT2D eigenvalue weighted by molar-refractivity contribution is 14.1. The van der Waals surface area contributed by atoms with Crippen LogP contribution in [-0.4, -0.2) is 40.1 Å². The number of carboxylic acids is 1. The molecule has 0 fully saturated rings. The summed E-state index contributed by atoms with van der Waals surface area (Å²) in [5, 5.41) is 18.9. The Balaban J connectivity index is 3.06. The first kappa shape index (κ1) is 17.5. The molecule has 0 spiro atoms. The lowest BCUT2D eigenvalue weighted by Crippen LogP contribution is -2.36. The molecule has 1 aromatic carbocycles. The van der Waals surface area contributed by atoms with Gasteiger partial charge in [-0.3, -0.25) is 9.59 Å². The molecule has 0 saturated heterocycles. The lowest BCUT2D eigenvalue weighted by atomic mass is 10.1. The minimum atomic E-state index is -0.947. The average Bonchev–Trinajstić information content (AvgIpc) is 2.38. The second-order valence-corrected chi connectivity index (χ2v) is 6.77. The van der Waals surface area contributed by atoms with Gasteiger partial charge in [0.05, 0.1) is 15.1 Å². The minimum Gasteiger partial charge on any atom is -0.506 e. The SMILES string of the molecule is CCN(CC(C)C(=O)O)C(=O)c1cc(I)cc(I)c1O. The van der Waals surface area contributed by atoms with Gasteiger partial charge in [0.1, 0.15) is 5.75 Å². The van der Waals surface area contributed by atoms with Gasteiger partial charge in [-0.15, -0.1) is 0 Å². The Hall–Kier alpha value is -0.580. The lowest BCUT2D eigenvalue weighted by molar-refractivity contribution is -0.141. The molecular formula is C13H15I2NO4. The smallest absolute Gasteiger partial charge is 0.308 e. The van der Waals surface area contributed by atoms with Gasteiger partial charge < -0.3 is 15.1 Å². The summed E-state index contributed by atoms with van der Waals surface area (Å²) in [7, 11) is 0. The summed E-state index contributed by atoms with van der Waals surface area (Å²) in [4.78, 5) is 24.8. The number of hydrogen-bond acceptors (Lipinski definition) is 3. The van der Waals surface area contributed by atoms with Crippen molar-refractivity contribution in [1.82, 2.24) is 4.90 Å². The van der Waals surface area contributed by atoms with E-state index in [2.05, 4.69) is 22.6 Å². The van der Waals surface area contributed by atoms with Gasteiger partial charge in [-0.2, -0.15) is 0 Å². The summed E-state index contributed by atoms with van der Waals surface area (Å²) in [5.41, 5.74) is 0.209. The second-order valence-electron chi connectivity index (χ2n) is 4.37. The Morgan fingerprint density at radius 2 is 1.95 bits per heavy atom. The number of aliphatic carboxylic acids is 1. The predicted octanol–water partition coefficient (Wildman–Crippen LogP) is 2.78. The molecule has 0 aliphatic heterocycles. The van der Waals surface area contributed by atoms with Gasteiger partial charge >= 0.3 is 5.97 Å². The van der Waals surface area contributed by atoms with Gasteiger partial charge in [-0.1, -0.05) is 6.92 Å². The topological polar surface area (TPSA) is 77.8 Å². The molecule has 0 aromatic heterocycles.